The van der Waals surface area contributed by atoms with Gasteiger partial charge in [0.1, 0.15) is 11.9 Å². The topological polar surface area (TPSA) is 100 Å². The highest BCUT2D eigenvalue weighted by Gasteiger charge is 2.20. The van der Waals surface area contributed by atoms with Gasteiger partial charge in [-0.3, -0.25) is 4.79 Å². The number of hydrogen-bond acceptors (Lipinski definition) is 4. The molecule has 1 atom stereocenters. The molecule has 0 fully saturated rings. The molecule has 0 aliphatic rings. The molecule has 0 aliphatic carbocycles. The van der Waals surface area contributed by atoms with Crippen LogP contribution in [0.3, 0.4) is 0 Å². The van der Waals surface area contributed by atoms with Crippen molar-refractivity contribution in [3.63, 3.8) is 0 Å². The van der Waals surface area contributed by atoms with E-state index < -0.39 is 12.1 Å². The fourth-order valence-corrected chi connectivity index (χ4v) is 2.18. The summed E-state index contributed by atoms with van der Waals surface area (Å²) in [6, 6.07) is 11.4. The van der Waals surface area contributed by atoms with E-state index in [0.29, 0.717) is 12.1 Å². The number of pyridine rings is 1. The lowest BCUT2D eigenvalue weighted by Gasteiger charge is -2.18. The van der Waals surface area contributed by atoms with Crippen LogP contribution in [-0.2, 0) is 11.2 Å². The third-order valence-electron chi connectivity index (χ3n) is 3.39. The first kappa shape index (κ1) is 17.3. The number of carbonyl (C=O) groups is 2. The summed E-state index contributed by atoms with van der Waals surface area (Å²) in [5.74, 6) is 0.432. The van der Waals surface area contributed by atoms with Crippen LogP contribution in [0, 0.1) is 0 Å². The summed E-state index contributed by atoms with van der Waals surface area (Å²) in [4.78, 5) is 29.7. The van der Waals surface area contributed by atoms with Gasteiger partial charge in [-0.05, 0) is 17.7 Å². The van der Waals surface area contributed by atoms with Crippen LogP contribution in [-0.4, -0.2) is 37.1 Å². The number of hydrogen-bond donors (Lipinski definition) is 3. The molecule has 126 valence electrons. The minimum Gasteiger partial charge on any atom is -0.363 e. The Hall–Kier alpha value is -3.09. The number of nitrogens with zero attached hydrogens (tertiary/aromatic N) is 2. The first-order valence-electron chi connectivity index (χ1n) is 7.50. The normalized spacial score (nSPS) is 11.4. The van der Waals surface area contributed by atoms with Gasteiger partial charge in [-0.25, -0.2) is 9.78 Å². The summed E-state index contributed by atoms with van der Waals surface area (Å²) in [5.41, 5.74) is 6.66. The number of primary amides is 1. The number of amides is 3. The van der Waals surface area contributed by atoms with Crippen molar-refractivity contribution in [2.75, 3.05) is 24.3 Å². The number of benzene rings is 1. The number of nitrogens with one attached hydrogen (secondary N) is 2. The SMILES string of the molecule is CN(C)c1ccc(NC(=O)C(Cc2ccccc2)NC(N)=O)cn1. The molecular formula is C17H21N5O2. The van der Waals surface area contributed by atoms with Crippen LogP contribution in [0.1, 0.15) is 5.56 Å². The molecule has 0 saturated carbocycles. The van der Waals surface area contributed by atoms with Gasteiger partial charge in [0, 0.05) is 20.5 Å². The highest BCUT2D eigenvalue weighted by molar-refractivity contribution is 5.97. The number of anilines is 2. The lowest BCUT2D eigenvalue weighted by molar-refractivity contribution is -0.117. The Morgan fingerprint density at radius 1 is 1.17 bits per heavy atom. The number of nitrogens with two attached hydrogens (primary N) is 1. The zero-order chi connectivity index (χ0) is 17.5. The van der Waals surface area contributed by atoms with E-state index in [4.69, 9.17) is 5.73 Å². The zero-order valence-electron chi connectivity index (χ0n) is 13.7. The molecule has 1 heterocycles. The van der Waals surface area contributed by atoms with Crippen molar-refractivity contribution in [2.45, 2.75) is 12.5 Å². The molecule has 2 rings (SSSR count). The molecule has 1 unspecified atom stereocenters. The summed E-state index contributed by atoms with van der Waals surface area (Å²) in [7, 11) is 3.76. The second-order valence-corrected chi connectivity index (χ2v) is 5.54. The van der Waals surface area contributed by atoms with E-state index in [9.17, 15) is 9.59 Å². The predicted molar refractivity (Wildman–Crippen MR) is 93.8 cm³/mol. The summed E-state index contributed by atoms with van der Waals surface area (Å²) in [6.07, 6.45) is 1.91. The van der Waals surface area contributed by atoms with E-state index in [1.54, 1.807) is 18.3 Å². The van der Waals surface area contributed by atoms with E-state index in [-0.39, 0.29) is 5.91 Å². The Bertz CT molecular complexity index is 686. The molecule has 4 N–H and O–H groups in total. The second-order valence-electron chi connectivity index (χ2n) is 5.54. The van der Waals surface area contributed by atoms with Crippen LogP contribution in [0.5, 0.6) is 0 Å². The van der Waals surface area contributed by atoms with E-state index in [1.165, 1.54) is 0 Å². The third-order valence-corrected chi connectivity index (χ3v) is 3.39. The maximum absolute atomic E-state index is 12.5. The first-order chi connectivity index (χ1) is 11.5. The van der Waals surface area contributed by atoms with Gasteiger partial charge in [-0.15, -0.1) is 0 Å². The molecule has 2 aromatic rings. The maximum atomic E-state index is 12.5. The molecule has 0 bridgehead atoms. The molecule has 0 radical (unpaired) electrons. The van der Waals surface area contributed by atoms with E-state index in [0.717, 1.165) is 11.4 Å². The van der Waals surface area contributed by atoms with E-state index in [1.807, 2.05) is 49.3 Å². The van der Waals surface area contributed by atoms with Crippen LogP contribution in [0.15, 0.2) is 48.7 Å². The van der Waals surface area contributed by atoms with Crippen molar-refractivity contribution in [2.24, 2.45) is 5.73 Å². The average molecular weight is 327 g/mol. The number of urea groups is 1. The van der Waals surface area contributed by atoms with Gasteiger partial charge in [-0.2, -0.15) is 0 Å². The lowest BCUT2D eigenvalue weighted by Crippen LogP contribution is -2.47. The van der Waals surface area contributed by atoms with Crippen molar-refractivity contribution >= 4 is 23.4 Å². The second kappa shape index (κ2) is 7.96. The first-order valence-corrected chi connectivity index (χ1v) is 7.50. The van der Waals surface area contributed by atoms with Crippen LogP contribution in [0.2, 0.25) is 0 Å². The van der Waals surface area contributed by atoms with Gasteiger partial charge in [0.25, 0.3) is 0 Å². The van der Waals surface area contributed by atoms with Crippen LogP contribution in [0.25, 0.3) is 0 Å². The Kier molecular flexibility index (Phi) is 5.73. The highest BCUT2D eigenvalue weighted by Crippen LogP contribution is 2.12. The van der Waals surface area contributed by atoms with Gasteiger partial charge < -0.3 is 21.3 Å². The van der Waals surface area contributed by atoms with Gasteiger partial charge in [-0.1, -0.05) is 30.3 Å². The van der Waals surface area contributed by atoms with Crippen molar-refractivity contribution in [3.05, 3.63) is 54.2 Å². The quantitative estimate of drug-likeness (QED) is 0.746. The van der Waals surface area contributed by atoms with Gasteiger partial charge in [0.2, 0.25) is 5.91 Å². The largest absolute Gasteiger partial charge is 0.363 e. The van der Waals surface area contributed by atoms with Crippen molar-refractivity contribution in [1.82, 2.24) is 10.3 Å². The molecule has 1 aromatic heterocycles. The maximum Gasteiger partial charge on any atom is 0.312 e. The molecule has 0 aliphatic heterocycles. The van der Waals surface area contributed by atoms with E-state index in [2.05, 4.69) is 15.6 Å². The lowest BCUT2D eigenvalue weighted by atomic mass is 10.1. The third kappa shape index (κ3) is 4.98. The Balaban J connectivity index is 2.08. The number of carbonyl (C=O) groups excluding carboxylic acids is 2. The fourth-order valence-electron chi connectivity index (χ4n) is 2.18. The summed E-state index contributed by atoms with van der Waals surface area (Å²) < 4.78 is 0. The molecule has 1 aromatic carbocycles. The Morgan fingerprint density at radius 3 is 2.42 bits per heavy atom. The number of aromatic nitrogens is 1. The van der Waals surface area contributed by atoms with Crippen molar-refractivity contribution < 1.29 is 9.59 Å². The number of rotatable bonds is 6. The molecule has 7 nitrogen and oxygen atoms in total. The minimum absolute atomic E-state index is 0.346. The smallest absolute Gasteiger partial charge is 0.312 e. The molecule has 7 heteroatoms. The average Bonchev–Trinajstić information content (AvgIpc) is 2.55. The van der Waals surface area contributed by atoms with Gasteiger partial charge in [0.05, 0.1) is 11.9 Å². The van der Waals surface area contributed by atoms with E-state index >= 15 is 0 Å². The summed E-state index contributed by atoms with van der Waals surface area (Å²) in [6.45, 7) is 0. The zero-order valence-corrected chi connectivity index (χ0v) is 13.7. The summed E-state index contributed by atoms with van der Waals surface area (Å²) >= 11 is 0. The van der Waals surface area contributed by atoms with Crippen molar-refractivity contribution in [3.8, 4) is 0 Å². The fraction of sp³-hybridized carbons (Fsp3) is 0.235. The molecule has 0 spiro atoms. The van der Waals surface area contributed by atoms with Crippen molar-refractivity contribution in [1.29, 1.82) is 0 Å². The molecular weight excluding hydrogens is 306 g/mol. The monoisotopic (exact) mass is 327 g/mol. The van der Waals surface area contributed by atoms with Crippen LogP contribution in [0.4, 0.5) is 16.3 Å². The van der Waals surface area contributed by atoms with Gasteiger partial charge in [0.15, 0.2) is 0 Å². The molecule has 3 amide bonds. The molecule has 24 heavy (non-hydrogen) atoms. The Labute approximate surface area is 140 Å². The van der Waals surface area contributed by atoms with Crippen LogP contribution < -0.4 is 21.3 Å². The minimum atomic E-state index is -0.765. The highest BCUT2D eigenvalue weighted by atomic mass is 16.2. The molecule has 0 saturated heterocycles. The van der Waals surface area contributed by atoms with Gasteiger partial charge >= 0.3 is 6.03 Å². The predicted octanol–water partition coefficient (Wildman–Crippen LogP) is 1.37. The standard InChI is InChI=1S/C17H21N5O2/c1-22(2)15-9-8-13(11-19-15)20-16(23)14(21-17(18)24)10-12-6-4-3-5-7-12/h3-9,11,14H,10H2,1-2H3,(H,20,23)(H3,18,21,24). The summed E-state index contributed by atoms with van der Waals surface area (Å²) in [5, 5.41) is 5.22. The Morgan fingerprint density at radius 2 is 1.88 bits per heavy atom. The van der Waals surface area contributed by atoms with Crippen LogP contribution >= 0.6 is 0 Å².